The third-order valence-electron chi connectivity index (χ3n) is 1.52. The van der Waals surface area contributed by atoms with Gasteiger partial charge in [0, 0.05) is 5.12 Å². The Labute approximate surface area is 70.8 Å². The minimum atomic E-state index is -10.4. The zero-order valence-corrected chi connectivity index (χ0v) is 6.78. The lowest BCUT2D eigenvalue weighted by atomic mass is 10.6. The fourth-order valence-electron chi connectivity index (χ4n) is 0.861. The molecule has 0 unspecified atom stereocenters. The molecular formula is C3H2F9NS. The first kappa shape index (κ1) is 11.8. The molecule has 1 saturated heterocycles. The van der Waals surface area contributed by atoms with Crippen molar-refractivity contribution in [3.63, 3.8) is 0 Å². The molecule has 1 heterocycles. The van der Waals surface area contributed by atoms with Crippen molar-refractivity contribution in [2.45, 2.75) is 11.4 Å². The van der Waals surface area contributed by atoms with Crippen molar-refractivity contribution in [2.75, 3.05) is 5.75 Å². The van der Waals surface area contributed by atoms with E-state index in [1.54, 1.807) is 0 Å². The molecule has 0 spiro atoms. The highest BCUT2D eigenvalue weighted by molar-refractivity contribution is 8.50. The molecule has 1 aliphatic heterocycles. The van der Waals surface area contributed by atoms with Gasteiger partial charge in [0.1, 0.15) is 5.75 Å². The monoisotopic (exact) mass is 255 g/mol. The first-order chi connectivity index (χ1) is 5.63. The summed E-state index contributed by atoms with van der Waals surface area (Å²) < 4.78 is 108. The molecule has 0 atom stereocenters. The van der Waals surface area contributed by atoms with Gasteiger partial charge in [-0.2, -0.15) is 17.6 Å². The Morgan fingerprint density at radius 3 is 1.36 bits per heavy atom. The van der Waals surface area contributed by atoms with Crippen LogP contribution in [0.2, 0.25) is 0 Å². The average Bonchev–Trinajstić information content (AvgIpc) is 1.84. The van der Waals surface area contributed by atoms with E-state index in [4.69, 9.17) is 0 Å². The van der Waals surface area contributed by atoms with Crippen molar-refractivity contribution in [3.8, 4) is 0 Å². The van der Waals surface area contributed by atoms with Gasteiger partial charge in [0.05, 0.1) is 0 Å². The lowest BCUT2D eigenvalue weighted by Crippen LogP contribution is -2.42. The summed E-state index contributed by atoms with van der Waals surface area (Å²) in [5, 5.41) is -9.86. The molecule has 0 amide bonds. The number of nitrogens with zero attached hydrogens (tertiary/aromatic N) is 1. The molecule has 14 heavy (non-hydrogen) atoms. The van der Waals surface area contributed by atoms with Gasteiger partial charge in [0.25, 0.3) is 0 Å². The molecule has 0 bridgehead atoms. The van der Waals surface area contributed by atoms with Crippen molar-refractivity contribution in [1.82, 2.24) is 5.12 Å². The van der Waals surface area contributed by atoms with Crippen LogP contribution in [0.1, 0.15) is 0 Å². The van der Waals surface area contributed by atoms with Gasteiger partial charge in [0.15, 0.2) is 0 Å². The molecule has 0 N–H and O–H groups in total. The van der Waals surface area contributed by atoms with E-state index in [-0.39, 0.29) is 0 Å². The van der Waals surface area contributed by atoms with Gasteiger partial charge in [-0.05, 0) is 0 Å². The quantitative estimate of drug-likeness (QED) is 0.362. The van der Waals surface area contributed by atoms with Gasteiger partial charge in [-0.25, -0.2) is 0 Å². The maximum atomic E-state index is 12.1. The predicted molar refractivity (Wildman–Crippen MR) is 29.7 cm³/mol. The average molecular weight is 255 g/mol. The minimum Gasteiger partial charge on any atom is -0.184 e. The van der Waals surface area contributed by atoms with Gasteiger partial charge in [0.2, 0.25) is 9.84 Å². The summed E-state index contributed by atoms with van der Waals surface area (Å²) in [6.07, 6.45) is 0. The molecule has 0 aromatic rings. The van der Waals surface area contributed by atoms with Crippen LogP contribution in [0.4, 0.5) is 37.6 Å². The normalized spacial score (nSPS) is 41.8. The highest BCUT2D eigenvalue weighted by Gasteiger charge is 2.95. The molecular weight excluding hydrogens is 253 g/mol. The minimum absolute atomic E-state index is 3.08. The number of hydrogen-bond donors (Lipinski definition) is 0. The Balaban J connectivity index is 3.46. The molecule has 0 aromatic heterocycles. The van der Waals surface area contributed by atoms with E-state index in [9.17, 15) is 37.6 Å². The maximum Gasteiger partial charge on any atom is 0.446 e. The second kappa shape index (κ2) is 1.84. The van der Waals surface area contributed by atoms with Crippen molar-refractivity contribution in [1.29, 1.82) is 0 Å². The lowest BCUT2D eigenvalue weighted by molar-refractivity contribution is -0.300. The fourth-order valence-corrected chi connectivity index (χ4v) is 2.34. The largest absolute Gasteiger partial charge is 0.446 e. The Morgan fingerprint density at radius 2 is 1.29 bits per heavy atom. The van der Waals surface area contributed by atoms with Crippen LogP contribution in [0.3, 0.4) is 0 Å². The lowest BCUT2D eigenvalue weighted by Gasteiger charge is -2.47. The van der Waals surface area contributed by atoms with E-state index in [1.165, 1.54) is 0 Å². The Bertz CT molecular complexity index is 288. The molecule has 0 aromatic carbocycles. The first-order valence-electron chi connectivity index (χ1n) is 2.84. The highest BCUT2D eigenvalue weighted by Crippen LogP contribution is 3.06. The van der Waals surface area contributed by atoms with Crippen LogP contribution in [0, 0.1) is 0 Å². The third-order valence-corrected chi connectivity index (χ3v) is 3.70. The highest BCUT2D eigenvalue weighted by atomic mass is 32.5. The fraction of sp³-hybridized carbons (Fsp3) is 1.00. The van der Waals surface area contributed by atoms with Crippen LogP contribution in [0.25, 0.3) is 0 Å². The molecule has 0 aliphatic carbocycles. The summed E-state index contributed by atoms with van der Waals surface area (Å²) >= 11 is 0. The van der Waals surface area contributed by atoms with Crippen LogP contribution in [-0.4, -0.2) is 22.3 Å². The summed E-state index contributed by atoms with van der Waals surface area (Å²) in [6.45, 7) is 0. The van der Waals surface area contributed by atoms with E-state index in [0.29, 0.717) is 0 Å². The topological polar surface area (TPSA) is 3.24 Å². The molecule has 1 nitrogen and oxygen atoms in total. The molecule has 11 heteroatoms. The van der Waals surface area contributed by atoms with Crippen molar-refractivity contribution < 1.29 is 37.6 Å². The van der Waals surface area contributed by atoms with Crippen molar-refractivity contribution in [2.24, 2.45) is 0 Å². The number of rotatable bonds is 0. The van der Waals surface area contributed by atoms with Gasteiger partial charge >= 0.3 is 11.4 Å². The standard InChI is InChI=1S/C3H2F9NS/c4-2(5)1-14(9,10,11,12)3(6,7)13(2)8/h1H2. The van der Waals surface area contributed by atoms with E-state index < -0.39 is 32.1 Å². The van der Waals surface area contributed by atoms with Crippen LogP contribution in [0.15, 0.2) is 0 Å². The smallest absolute Gasteiger partial charge is 0.184 e. The summed E-state index contributed by atoms with van der Waals surface area (Å²) in [6, 6.07) is -5.59. The second-order valence-electron chi connectivity index (χ2n) is 2.82. The van der Waals surface area contributed by atoms with E-state index in [0.717, 1.165) is 0 Å². The van der Waals surface area contributed by atoms with E-state index in [1.807, 2.05) is 0 Å². The van der Waals surface area contributed by atoms with Crippen molar-refractivity contribution in [3.05, 3.63) is 0 Å². The van der Waals surface area contributed by atoms with Gasteiger partial charge in [-0.1, -0.05) is 0 Å². The molecule has 0 saturated carbocycles. The first-order valence-corrected chi connectivity index (χ1v) is 5.06. The van der Waals surface area contributed by atoms with E-state index in [2.05, 4.69) is 0 Å². The Kier molecular flexibility index (Phi) is 1.54. The SMILES string of the molecule is FN1C(F)(F)CS(F)(F)(F)(F)C1(F)F. The van der Waals surface area contributed by atoms with Gasteiger partial charge in [-0.15, -0.1) is 20.0 Å². The van der Waals surface area contributed by atoms with Crippen LogP contribution >= 0.6 is 9.84 Å². The van der Waals surface area contributed by atoms with Crippen LogP contribution < -0.4 is 0 Å². The predicted octanol–water partition coefficient (Wildman–Crippen LogP) is 3.74. The van der Waals surface area contributed by atoms with Crippen molar-refractivity contribution >= 4 is 9.84 Å². The summed E-state index contributed by atoms with van der Waals surface area (Å²) in [5.74, 6) is -3.80. The molecule has 0 radical (unpaired) electrons. The molecule has 1 fully saturated rings. The van der Waals surface area contributed by atoms with Gasteiger partial charge in [-0.3, -0.25) is 0 Å². The molecule has 88 valence electrons. The molecule has 1 rings (SSSR count). The summed E-state index contributed by atoms with van der Waals surface area (Å²) in [5.41, 5.74) is 0. The second-order valence-corrected chi connectivity index (χ2v) is 6.07. The molecule has 1 aliphatic rings. The van der Waals surface area contributed by atoms with Gasteiger partial charge < -0.3 is 0 Å². The third kappa shape index (κ3) is 1.11. The van der Waals surface area contributed by atoms with Crippen LogP contribution in [-0.2, 0) is 0 Å². The Hall–Kier alpha value is -0.320. The number of halogens is 9. The maximum absolute atomic E-state index is 12.1. The summed E-state index contributed by atoms with van der Waals surface area (Å²) in [7, 11) is -10.4. The zero-order valence-electron chi connectivity index (χ0n) is 5.96. The number of alkyl halides is 4. The Morgan fingerprint density at radius 1 is 0.929 bits per heavy atom. The van der Waals surface area contributed by atoms with E-state index >= 15 is 0 Å². The number of hydrogen-bond acceptors (Lipinski definition) is 1. The summed E-state index contributed by atoms with van der Waals surface area (Å²) in [4.78, 5) is 0. The zero-order chi connectivity index (χ0) is 11.7. The van der Waals surface area contributed by atoms with Crippen LogP contribution in [0.5, 0.6) is 0 Å².